The van der Waals surface area contributed by atoms with Crippen LogP contribution >= 0.6 is 23.4 Å². The molecule has 2 aromatic heterocycles. The van der Waals surface area contributed by atoms with Crippen molar-refractivity contribution < 1.29 is 9.21 Å². The molecule has 27 heavy (non-hydrogen) atoms. The normalized spacial score (nSPS) is 11.0. The first-order valence-corrected chi connectivity index (χ1v) is 9.12. The summed E-state index contributed by atoms with van der Waals surface area (Å²) >= 11 is 7.03. The first-order valence-electron chi connectivity index (χ1n) is 7.75. The number of nitrogens with two attached hydrogens (primary N) is 1. The smallest absolute Gasteiger partial charge is 0.264 e. The molecule has 0 saturated carbocycles. The molecule has 2 heterocycles. The number of nitrogens with zero attached hydrogens (tertiary/aromatic N) is 4. The third-order valence-corrected chi connectivity index (χ3v) is 4.40. The maximum atomic E-state index is 12.0. The lowest BCUT2D eigenvalue weighted by molar-refractivity contribution is -0.113. The number of hydrogen-bond donors (Lipinski definition) is 3. The predicted octanol–water partition coefficient (Wildman–Crippen LogP) is 2.72. The summed E-state index contributed by atoms with van der Waals surface area (Å²) in [5.74, 6) is 7.41. The van der Waals surface area contributed by atoms with Gasteiger partial charge in [0, 0.05) is 10.7 Å². The number of hydrogen-bond acceptors (Lipinski definition) is 8. The van der Waals surface area contributed by atoms with E-state index in [1.165, 1.54) is 10.9 Å². The van der Waals surface area contributed by atoms with Crippen molar-refractivity contribution >= 4 is 47.1 Å². The highest BCUT2D eigenvalue weighted by Gasteiger charge is 2.12. The minimum atomic E-state index is -0.217. The summed E-state index contributed by atoms with van der Waals surface area (Å²) in [6.45, 7) is 1.84. The van der Waals surface area contributed by atoms with Gasteiger partial charge in [0.15, 0.2) is 0 Å². The third-order valence-electron chi connectivity index (χ3n) is 3.22. The van der Waals surface area contributed by atoms with Crippen molar-refractivity contribution in [1.29, 1.82) is 0 Å². The molecule has 0 fully saturated rings. The number of halogens is 1. The summed E-state index contributed by atoms with van der Waals surface area (Å²) in [5, 5.41) is 15.5. The van der Waals surface area contributed by atoms with Crippen molar-refractivity contribution in [3.8, 4) is 0 Å². The zero-order valence-corrected chi connectivity index (χ0v) is 15.8. The molecule has 9 nitrogen and oxygen atoms in total. The van der Waals surface area contributed by atoms with E-state index in [2.05, 4.69) is 26.0 Å². The lowest BCUT2D eigenvalue weighted by Gasteiger charge is -2.05. The quantitative estimate of drug-likeness (QED) is 0.239. The van der Waals surface area contributed by atoms with Crippen LogP contribution < -0.4 is 16.6 Å². The van der Waals surface area contributed by atoms with Crippen molar-refractivity contribution in [3.05, 3.63) is 52.9 Å². The molecule has 0 unspecified atom stereocenters. The van der Waals surface area contributed by atoms with E-state index in [-0.39, 0.29) is 17.6 Å². The first kappa shape index (κ1) is 18.8. The molecule has 3 rings (SSSR count). The highest BCUT2D eigenvalue weighted by Crippen LogP contribution is 2.18. The highest BCUT2D eigenvalue weighted by molar-refractivity contribution is 7.99. The van der Waals surface area contributed by atoms with Gasteiger partial charge < -0.3 is 15.6 Å². The molecule has 11 heteroatoms. The van der Waals surface area contributed by atoms with Gasteiger partial charge >= 0.3 is 0 Å². The minimum absolute atomic E-state index is 0.108. The van der Waals surface area contributed by atoms with Gasteiger partial charge in [-0.3, -0.25) is 4.79 Å². The molecule has 0 aliphatic carbocycles. The number of nitrogens with one attached hydrogen (secondary N) is 2. The maximum absolute atomic E-state index is 12.0. The molecule has 1 aromatic carbocycles. The van der Waals surface area contributed by atoms with E-state index >= 15 is 0 Å². The fourth-order valence-corrected chi connectivity index (χ4v) is 2.87. The van der Waals surface area contributed by atoms with E-state index in [4.69, 9.17) is 21.9 Å². The zero-order chi connectivity index (χ0) is 19.2. The fourth-order valence-electron chi connectivity index (χ4n) is 2.02. The Bertz CT molecular complexity index is 969. The van der Waals surface area contributed by atoms with Crippen LogP contribution in [0.5, 0.6) is 0 Å². The van der Waals surface area contributed by atoms with Gasteiger partial charge in [-0.2, -0.15) is 5.10 Å². The van der Waals surface area contributed by atoms with E-state index in [0.29, 0.717) is 21.6 Å². The molecule has 0 saturated heterocycles. The Hall–Kier alpha value is -2.98. The summed E-state index contributed by atoms with van der Waals surface area (Å²) in [6, 6.07) is 10.5. The zero-order valence-electron chi connectivity index (χ0n) is 14.2. The van der Waals surface area contributed by atoms with Gasteiger partial charge in [0.05, 0.1) is 12.0 Å². The van der Waals surface area contributed by atoms with Crippen molar-refractivity contribution in [1.82, 2.24) is 14.9 Å². The lowest BCUT2D eigenvalue weighted by Crippen LogP contribution is -2.16. The van der Waals surface area contributed by atoms with Crippen molar-refractivity contribution in [2.24, 2.45) is 5.10 Å². The van der Waals surface area contributed by atoms with Gasteiger partial charge in [-0.1, -0.05) is 29.4 Å². The van der Waals surface area contributed by atoms with Crippen LogP contribution in [0, 0.1) is 6.92 Å². The second kappa shape index (κ2) is 8.60. The third kappa shape index (κ3) is 5.25. The van der Waals surface area contributed by atoms with E-state index in [1.54, 1.807) is 30.3 Å². The molecule has 0 aliphatic rings. The number of carbonyl (C=O) groups excluding carboxylic acids is 1. The predicted molar refractivity (Wildman–Crippen MR) is 106 cm³/mol. The van der Waals surface area contributed by atoms with Crippen molar-refractivity contribution in [3.63, 3.8) is 0 Å². The van der Waals surface area contributed by atoms with Gasteiger partial charge in [0.2, 0.25) is 11.1 Å². The number of nitrogen functional groups attached to an aromatic ring is 1. The fraction of sp³-hybridized carbons (Fsp3) is 0.125. The number of carbonyl (C=O) groups is 1. The number of amides is 1. The highest BCUT2D eigenvalue weighted by atomic mass is 35.5. The summed E-state index contributed by atoms with van der Waals surface area (Å²) in [7, 11) is 0. The molecule has 0 spiro atoms. The number of thioether (sulfide) groups is 1. The Kier molecular flexibility index (Phi) is 5.99. The molecule has 0 radical (unpaired) electrons. The second-order valence-corrected chi connectivity index (χ2v) is 6.72. The van der Waals surface area contributed by atoms with Crippen LogP contribution in [0.25, 0.3) is 0 Å². The van der Waals surface area contributed by atoms with E-state index in [9.17, 15) is 4.79 Å². The molecular formula is C16H16ClN7O2S. The van der Waals surface area contributed by atoms with E-state index in [1.807, 2.05) is 13.0 Å². The number of furan rings is 1. The van der Waals surface area contributed by atoms with E-state index in [0.717, 1.165) is 17.5 Å². The summed E-state index contributed by atoms with van der Waals surface area (Å²) < 4.78 is 6.57. The molecular weight excluding hydrogens is 390 g/mol. The first-order chi connectivity index (χ1) is 13.0. The number of anilines is 2. The van der Waals surface area contributed by atoms with Crippen LogP contribution in [0.4, 0.5) is 11.6 Å². The molecule has 1 amide bonds. The van der Waals surface area contributed by atoms with Crippen LogP contribution in [-0.4, -0.2) is 32.7 Å². The van der Waals surface area contributed by atoms with Crippen LogP contribution in [-0.2, 0) is 4.79 Å². The van der Waals surface area contributed by atoms with Crippen LogP contribution in [0.1, 0.15) is 11.5 Å². The topological polar surface area (TPSA) is 123 Å². The number of aryl methyl sites for hydroxylation is 1. The Labute approximate surface area is 163 Å². The molecule has 0 aliphatic heterocycles. The van der Waals surface area contributed by atoms with Gasteiger partial charge in [0.25, 0.3) is 5.95 Å². The standard InChI is InChI=1S/C16H16ClN7O2S/c1-10-5-6-13(26-10)8-19-21-15-22-23-16(24(15)18)27-9-14(25)20-12-4-2-3-11(17)7-12/h2-8H,9,18H2,1H3,(H,20,25)(H,21,22)/b19-8+. The number of hydrazone groups is 1. The minimum Gasteiger partial charge on any atom is -0.460 e. The van der Waals surface area contributed by atoms with Crippen molar-refractivity contribution in [2.75, 3.05) is 22.3 Å². The molecule has 0 atom stereocenters. The van der Waals surface area contributed by atoms with Crippen LogP contribution in [0.3, 0.4) is 0 Å². The van der Waals surface area contributed by atoms with Gasteiger partial charge in [-0.25, -0.2) is 10.1 Å². The molecule has 3 aromatic rings. The largest absolute Gasteiger partial charge is 0.460 e. The van der Waals surface area contributed by atoms with E-state index < -0.39 is 0 Å². The van der Waals surface area contributed by atoms with Gasteiger partial charge in [-0.15, -0.1) is 10.2 Å². The second-order valence-electron chi connectivity index (χ2n) is 5.34. The Morgan fingerprint density at radius 1 is 1.41 bits per heavy atom. The molecule has 0 bridgehead atoms. The monoisotopic (exact) mass is 405 g/mol. The number of rotatable bonds is 7. The number of benzene rings is 1. The molecule has 4 N–H and O–H groups in total. The SMILES string of the molecule is Cc1ccc(/C=N/Nc2nnc(SCC(=O)Nc3cccc(Cl)c3)n2N)o1. The van der Waals surface area contributed by atoms with Crippen molar-refractivity contribution in [2.45, 2.75) is 12.1 Å². The van der Waals surface area contributed by atoms with Gasteiger partial charge in [0.1, 0.15) is 11.5 Å². The Morgan fingerprint density at radius 2 is 2.26 bits per heavy atom. The maximum Gasteiger partial charge on any atom is 0.264 e. The average Bonchev–Trinajstić information content (AvgIpc) is 3.19. The summed E-state index contributed by atoms with van der Waals surface area (Å²) in [5.41, 5.74) is 3.29. The van der Waals surface area contributed by atoms with Crippen LogP contribution in [0.15, 0.2) is 51.1 Å². The Morgan fingerprint density at radius 3 is 3.00 bits per heavy atom. The lowest BCUT2D eigenvalue weighted by atomic mass is 10.3. The average molecular weight is 406 g/mol. The summed E-state index contributed by atoms with van der Waals surface area (Å²) in [4.78, 5) is 12.0. The van der Waals surface area contributed by atoms with Gasteiger partial charge in [-0.05, 0) is 37.3 Å². The Balaban J connectivity index is 1.52. The van der Waals surface area contributed by atoms with Crippen LogP contribution in [0.2, 0.25) is 5.02 Å². The number of aromatic nitrogens is 3. The molecule has 140 valence electrons. The summed E-state index contributed by atoms with van der Waals surface area (Å²) in [6.07, 6.45) is 1.49.